The van der Waals surface area contributed by atoms with E-state index in [-0.39, 0.29) is 12.0 Å². The summed E-state index contributed by atoms with van der Waals surface area (Å²) < 4.78 is 4.76. The van der Waals surface area contributed by atoms with E-state index in [1.165, 1.54) is 25.5 Å². The minimum Gasteiger partial charge on any atom is -0.465 e. The minimum absolute atomic E-state index is 0.175. The number of hydrogen-bond acceptors (Lipinski definition) is 3. The number of carbonyl (C=O) groups is 2. The van der Waals surface area contributed by atoms with Crippen LogP contribution < -0.4 is 0 Å². The van der Waals surface area contributed by atoms with Crippen molar-refractivity contribution in [3.63, 3.8) is 0 Å². The van der Waals surface area contributed by atoms with Crippen LogP contribution in [0.25, 0.3) is 0 Å². The Balaban J connectivity index is 1.55. The fourth-order valence-electron chi connectivity index (χ4n) is 4.92. The second kappa shape index (κ2) is 7.90. The lowest BCUT2D eigenvalue weighted by Gasteiger charge is -2.41. The molecule has 2 aromatic carbocycles. The van der Waals surface area contributed by atoms with E-state index in [1.807, 2.05) is 18.2 Å². The molecule has 1 saturated heterocycles. The minimum atomic E-state index is -0.876. The number of benzene rings is 2. The van der Waals surface area contributed by atoms with E-state index in [4.69, 9.17) is 4.74 Å². The van der Waals surface area contributed by atoms with Gasteiger partial charge in [0.05, 0.1) is 18.7 Å². The van der Waals surface area contributed by atoms with Crippen molar-refractivity contribution in [1.29, 1.82) is 0 Å². The Hall–Kier alpha value is -2.82. The molecular formula is C24H27NO4. The van der Waals surface area contributed by atoms with Crippen molar-refractivity contribution in [3.8, 4) is 0 Å². The van der Waals surface area contributed by atoms with Crippen molar-refractivity contribution in [1.82, 2.24) is 4.90 Å². The van der Waals surface area contributed by atoms with Gasteiger partial charge in [0.25, 0.3) is 0 Å². The zero-order chi connectivity index (χ0) is 20.4. The lowest BCUT2D eigenvalue weighted by Crippen LogP contribution is -2.42. The Morgan fingerprint density at radius 3 is 2.38 bits per heavy atom. The van der Waals surface area contributed by atoms with Crippen molar-refractivity contribution in [2.24, 2.45) is 11.3 Å². The SMILES string of the molecule is COC(=O)c1ccc([C@@H]2CC(C3(Cc4ccccc4)CC3)CCN2C(=O)O)cc1. The van der Waals surface area contributed by atoms with Gasteiger partial charge in [-0.15, -0.1) is 0 Å². The second-order valence-corrected chi connectivity index (χ2v) is 8.35. The third-order valence-corrected chi connectivity index (χ3v) is 6.72. The molecule has 1 N–H and O–H groups in total. The molecule has 0 radical (unpaired) electrons. The molecule has 0 aromatic heterocycles. The van der Waals surface area contributed by atoms with Crippen molar-refractivity contribution in [2.45, 2.75) is 38.1 Å². The van der Waals surface area contributed by atoms with Gasteiger partial charge in [-0.1, -0.05) is 42.5 Å². The average molecular weight is 393 g/mol. The molecule has 2 aromatic rings. The van der Waals surface area contributed by atoms with Crippen LogP contribution in [-0.2, 0) is 11.2 Å². The number of nitrogens with zero attached hydrogens (tertiary/aromatic N) is 1. The van der Waals surface area contributed by atoms with Gasteiger partial charge in [0.2, 0.25) is 0 Å². The van der Waals surface area contributed by atoms with Crippen LogP contribution in [0.15, 0.2) is 54.6 Å². The zero-order valence-electron chi connectivity index (χ0n) is 16.7. The molecule has 1 aliphatic heterocycles. The predicted molar refractivity (Wildman–Crippen MR) is 110 cm³/mol. The highest BCUT2D eigenvalue weighted by Gasteiger charge is 2.51. The van der Waals surface area contributed by atoms with Crippen molar-refractivity contribution in [2.75, 3.05) is 13.7 Å². The van der Waals surface area contributed by atoms with Crippen LogP contribution in [0, 0.1) is 11.3 Å². The number of hydrogen-bond donors (Lipinski definition) is 1. The summed E-state index contributed by atoms with van der Waals surface area (Å²) in [6, 6.07) is 17.6. The zero-order valence-corrected chi connectivity index (χ0v) is 16.7. The van der Waals surface area contributed by atoms with Crippen LogP contribution in [0.2, 0.25) is 0 Å². The quantitative estimate of drug-likeness (QED) is 0.732. The van der Waals surface area contributed by atoms with Crippen LogP contribution >= 0.6 is 0 Å². The standard InChI is InChI=1S/C24H27NO4/c1-29-22(26)19-9-7-18(8-10-19)21-15-20(11-14-25(21)23(27)28)24(12-13-24)16-17-5-3-2-4-6-17/h2-10,20-21H,11-16H2,1H3,(H,27,28)/t20?,21-/m0/s1. The third kappa shape index (κ3) is 4.00. The van der Waals surface area contributed by atoms with E-state index in [1.54, 1.807) is 17.0 Å². The molecule has 29 heavy (non-hydrogen) atoms. The maximum absolute atomic E-state index is 11.9. The number of esters is 1. The van der Waals surface area contributed by atoms with E-state index in [9.17, 15) is 14.7 Å². The number of carbonyl (C=O) groups excluding carboxylic acids is 1. The van der Waals surface area contributed by atoms with Gasteiger partial charge >= 0.3 is 12.1 Å². The Labute approximate surface area is 171 Å². The number of piperidine rings is 1. The molecule has 5 heteroatoms. The van der Waals surface area contributed by atoms with Gasteiger partial charge in [-0.3, -0.25) is 0 Å². The molecule has 0 spiro atoms. The second-order valence-electron chi connectivity index (χ2n) is 8.35. The van der Waals surface area contributed by atoms with E-state index < -0.39 is 6.09 Å². The molecule has 2 fully saturated rings. The summed E-state index contributed by atoms with van der Waals surface area (Å²) >= 11 is 0. The predicted octanol–water partition coefficient (Wildman–Crippen LogP) is 4.93. The van der Waals surface area contributed by atoms with Crippen LogP contribution in [0.1, 0.15) is 53.2 Å². The summed E-state index contributed by atoms with van der Waals surface area (Å²) in [5.41, 5.74) is 3.09. The molecule has 2 atom stereocenters. The number of likely N-dealkylation sites (tertiary alicyclic amines) is 1. The first kappa shape index (κ1) is 19.5. The molecule has 4 rings (SSSR count). The lowest BCUT2D eigenvalue weighted by atomic mass is 9.74. The van der Waals surface area contributed by atoms with Gasteiger partial charge in [-0.2, -0.15) is 0 Å². The van der Waals surface area contributed by atoms with E-state index in [0.29, 0.717) is 23.4 Å². The molecule has 1 aliphatic carbocycles. The first-order valence-electron chi connectivity index (χ1n) is 10.2. The van der Waals surface area contributed by atoms with E-state index in [2.05, 4.69) is 24.3 Å². The summed E-state index contributed by atoms with van der Waals surface area (Å²) in [5, 5.41) is 9.74. The highest BCUT2D eigenvalue weighted by Crippen LogP contribution is 2.59. The number of rotatable bonds is 5. The van der Waals surface area contributed by atoms with Gasteiger partial charge in [-0.05, 0) is 66.7 Å². The highest BCUT2D eigenvalue weighted by atomic mass is 16.5. The molecule has 152 valence electrons. The fourth-order valence-corrected chi connectivity index (χ4v) is 4.92. The summed E-state index contributed by atoms with van der Waals surface area (Å²) in [7, 11) is 1.36. The maximum Gasteiger partial charge on any atom is 0.407 e. The van der Waals surface area contributed by atoms with Crippen molar-refractivity contribution >= 4 is 12.1 Å². The largest absolute Gasteiger partial charge is 0.465 e. The monoisotopic (exact) mass is 393 g/mol. The number of ether oxygens (including phenoxy) is 1. The fraction of sp³-hybridized carbons (Fsp3) is 0.417. The average Bonchev–Trinajstić information content (AvgIpc) is 3.54. The van der Waals surface area contributed by atoms with Crippen LogP contribution in [0.4, 0.5) is 4.79 Å². The molecule has 5 nitrogen and oxygen atoms in total. The number of carboxylic acid groups (broad SMARTS) is 1. The normalized spacial score (nSPS) is 22.7. The van der Waals surface area contributed by atoms with E-state index >= 15 is 0 Å². The Kier molecular flexibility index (Phi) is 5.31. The molecule has 0 bridgehead atoms. The Morgan fingerprint density at radius 1 is 1.10 bits per heavy atom. The molecule has 1 amide bonds. The Bertz CT molecular complexity index is 874. The smallest absolute Gasteiger partial charge is 0.407 e. The first-order chi connectivity index (χ1) is 14.0. The van der Waals surface area contributed by atoms with Crippen molar-refractivity contribution < 1.29 is 19.4 Å². The first-order valence-corrected chi connectivity index (χ1v) is 10.2. The van der Waals surface area contributed by atoms with Gasteiger partial charge in [0.15, 0.2) is 0 Å². The number of methoxy groups -OCH3 is 1. The summed E-state index contributed by atoms with van der Waals surface area (Å²) in [6.07, 6.45) is 4.37. The van der Waals surface area contributed by atoms with Gasteiger partial charge in [-0.25, -0.2) is 9.59 Å². The molecule has 1 unspecified atom stereocenters. The molecule has 1 saturated carbocycles. The van der Waals surface area contributed by atoms with Crippen LogP contribution in [-0.4, -0.2) is 35.7 Å². The van der Waals surface area contributed by atoms with Crippen LogP contribution in [0.5, 0.6) is 0 Å². The van der Waals surface area contributed by atoms with Crippen molar-refractivity contribution in [3.05, 3.63) is 71.3 Å². The lowest BCUT2D eigenvalue weighted by molar-refractivity contribution is 0.0598. The topological polar surface area (TPSA) is 66.8 Å². The summed E-state index contributed by atoms with van der Waals surface area (Å²) in [6.45, 7) is 0.556. The highest BCUT2D eigenvalue weighted by molar-refractivity contribution is 5.89. The molecule has 2 aliphatic rings. The Morgan fingerprint density at radius 2 is 1.79 bits per heavy atom. The van der Waals surface area contributed by atoms with Gasteiger partial charge < -0.3 is 14.7 Å². The van der Waals surface area contributed by atoms with E-state index in [0.717, 1.165) is 24.8 Å². The molecule has 1 heterocycles. The summed E-state index contributed by atoms with van der Waals surface area (Å²) in [5.74, 6) is 0.122. The number of amides is 1. The summed E-state index contributed by atoms with van der Waals surface area (Å²) in [4.78, 5) is 25.1. The van der Waals surface area contributed by atoms with Crippen LogP contribution in [0.3, 0.4) is 0 Å². The maximum atomic E-state index is 11.9. The third-order valence-electron chi connectivity index (χ3n) is 6.72. The van der Waals surface area contributed by atoms with Gasteiger partial charge in [0, 0.05) is 6.54 Å². The van der Waals surface area contributed by atoms with Gasteiger partial charge in [0.1, 0.15) is 0 Å². The molecular weight excluding hydrogens is 366 g/mol.